The molecule has 8 nitrogen and oxygen atoms in total. The summed E-state index contributed by atoms with van der Waals surface area (Å²) >= 11 is 0. The van der Waals surface area contributed by atoms with E-state index in [1.165, 1.54) is 36.2 Å². The third-order valence-electron chi connectivity index (χ3n) is 2.32. The molecule has 2 aromatic rings. The summed E-state index contributed by atoms with van der Waals surface area (Å²) in [5, 5.41) is 27.1. The van der Waals surface area contributed by atoms with Crippen LogP contribution in [0.1, 0.15) is 5.69 Å². The number of nitro benzene ring substituents is 1. The van der Waals surface area contributed by atoms with Crippen LogP contribution in [-0.4, -0.2) is 32.1 Å². The smallest absolute Gasteiger partial charge is 0.271 e. The lowest BCUT2D eigenvalue weighted by Gasteiger charge is -2.06. The summed E-state index contributed by atoms with van der Waals surface area (Å²) in [6, 6.07) is 4.15. The van der Waals surface area contributed by atoms with E-state index < -0.39 is 4.92 Å². The number of rotatable bonds is 4. The molecule has 1 aromatic carbocycles. The Balaban J connectivity index is 2.52. The molecule has 1 N–H and O–H groups in total. The molecular formula is C10H10N4O4. The zero-order valence-corrected chi connectivity index (χ0v) is 9.48. The van der Waals surface area contributed by atoms with Crippen molar-refractivity contribution >= 4 is 5.69 Å². The van der Waals surface area contributed by atoms with Crippen molar-refractivity contribution in [3.05, 3.63) is 40.2 Å². The standard InChI is InChI=1S/C10H10N4O4/c1-18-10-3-2-8(14(16)17)4-9(10)13-5-7(6-15)11-12-13/h2-5,15H,6H2,1H3. The van der Waals surface area contributed by atoms with Crippen LogP contribution in [0.25, 0.3) is 5.69 Å². The molecule has 0 atom stereocenters. The van der Waals surface area contributed by atoms with Gasteiger partial charge in [0.05, 0.1) is 24.8 Å². The van der Waals surface area contributed by atoms with Crippen LogP contribution in [0, 0.1) is 10.1 Å². The van der Waals surface area contributed by atoms with Crippen LogP contribution in [0.5, 0.6) is 5.75 Å². The van der Waals surface area contributed by atoms with Crippen molar-refractivity contribution in [1.29, 1.82) is 0 Å². The normalized spacial score (nSPS) is 10.3. The van der Waals surface area contributed by atoms with Gasteiger partial charge in [0, 0.05) is 12.1 Å². The maximum absolute atomic E-state index is 10.7. The Morgan fingerprint density at radius 2 is 2.33 bits per heavy atom. The Morgan fingerprint density at radius 1 is 1.56 bits per heavy atom. The molecule has 8 heteroatoms. The van der Waals surface area contributed by atoms with Crippen LogP contribution in [0.2, 0.25) is 0 Å². The number of benzene rings is 1. The molecule has 0 aliphatic heterocycles. The lowest BCUT2D eigenvalue weighted by molar-refractivity contribution is -0.384. The summed E-state index contributed by atoms with van der Waals surface area (Å²) in [7, 11) is 1.45. The number of ether oxygens (including phenoxy) is 1. The number of non-ortho nitro benzene ring substituents is 1. The minimum atomic E-state index is -0.507. The van der Waals surface area contributed by atoms with Crippen LogP contribution in [0.3, 0.4) is 0 Å². The third kappa shape index (κ3) is 2.13. The molecule has 0 fully saturated rings. The third-order valence-corrected chi connectivity index (χ3v) is 2.32. The number of methoxy groups -OCH3 is 1. The fourth-order valence-corrected chi connectivity index (χ4v) is 1.46. The van der Waals surface area contributed by atoms with Gasteiger partial charge in [-0.25, -0.2) is 4.68 Å². The molecule has 0 aliphatic rings. The zero-order valence-electron chi connectivity index (χ0n) is 9.48. The molecule has 0 saturated heterocycles. The number of aromatic nitrogens is 3. The second-order valence-electron chi connectivity index (χ2n) is 3.43. The van der Waals surface area contributed by atoms with Crippen molar-refractivity contribution in [2.75, 3.05) is 7.11 Å². The van der Waals surface area contributed by atoms with Crippen LogP contribution >= 0.6 is 0 Å². The van der Waals surface area contributed by atoms with E-state index in [2.05, 4.69) is 10.3 Å². The van der Waals surface area contributed by atoms with Gasteiger partial charge in [-0.05, 0) is 6.07 Å². The summed E-state index contributed by atoms with van der Waals surface area (Å²) in [6.45, 7) is -0.253. The fourth-order valence-electron chi connectivity index (χ4n) is 1.46. The lowest BCUT2D eigenvalue weighted by Crippen LogP contribution is -2.00. The van der Waals surface area contributed by atoms with Gasteiger partial charge < -0.3 is 9.84 Å². The van der Waals surface area contributed by atoms with E-state index in [0.29, 0.717) is 17.1 Å². The van der Waals surface area contributed by atoms with Crippen LogP contribution in [-0.2, 0) is 6.61 Å². The van der Waals surface area contributed by atoms with Gasteiger partial charge in [0.2, 0.25) is 0 Å². The van der Waals surface area contributed by atoms with Crippen LogP contribution in [0.4, 0.5) is 5.69 Å². The summed E-state index contributed by atoms with van der Waals surface area (Å²) in [5.74, 6) is 0.426. The van der Waals surface area contributed by atoms with Crippen LogP contribution < -0.4 is 4.74 Å². The molecule has 0 unspecified atom stereocenters. The molecule has 0 saturated carbocycles. The summed E-state index contributed by atoms with van der Waals surface area (Å²) in [4.78, 5) is 10.2. The Morgan fingerprint density at radius 3 is 2.89 bits per heavy atom. The molecule has 0 radical (unpaired) electrons. The maximum Gasteiger partial charge on any atom is 0.271 e. The van der Waals surface area contributed by atoms with Gasteiger partial charge >= 0.3 is 0 Å². The molecule has 1 heterocycles. The van der Waals surface area contributed by atoms with Crippen molar-refractivity contribution in [2.45, 2.75) is 6.61 Å². The monoisotopic (exact) mass is 250 g/mol. The quantitative estimate of drug-likeness (QED) is 0.632. The van der Waals surface area contributed by atoms with Crippen molar-refractivity contribution in [3.8, 4) is 11.4 Å². The highest BCUT2D eigenvalue weighted by molar-refractivity contribution is 5.53. The second-order valence-corrected chi connectivity index (χ2v) is 3.43. The molecule has 94 valence electrons. The minimum absolute atomic E-state index is 0.0770. The van der Waals surface area contributed by atoms with Gasteiger partial charge in [-0.2, -0.15) is 0 Å². The van der Waals surface area contributed by atoms with Gasteiger partial charge in [-0.1, -0.05) is 5.21 Å². The van der Waals surface area contributed by atoms with Crippen LogP contribution in [0.15, 0.2) is 24.4 Å². The molecule has 0 bridgehead atoms. The second kappa shape index (κ2) is 4.80. The fraction of sp³-hybridized carbons (Fsp3) is 0.200. The van der Waals surface area contributed by atoms with Crippen molar-refractivity contribution in [2.24, 2.45) is 0 Å². The topological polar surface area (TPSA) is 103 Å². The van der Waals surface area contributed by atoms with Gasteiger partial charge in [0.15, 0.2) is 0 Å². The number of aliphatic hydroxyl groups excluding tert-OH is 1. The molecule has 18 heavy (non-hydrogen) atoms. The Kier molecular flexibility index (Phi) is 3.20. The number of aliphatic hydroxyl groups is 1. The molecule has 1 aromatic heterocycles. The average molecular weight is 250 g/mol. The van der Waals surface area contributed by atoms with E-state index in [9.17, 15) is 10.1 Å². The van der Waals surface area contributed by atoms with Gasteiger partial charge in [0.1, 0.15) is 17.1 Å². The lowest BCUT2D eigenvalue weighted by atomic mass is 10.2. The first-order valence-electron chi connectivity index (χ1n) is 5.00. The van der Waals surface area contributed by atoms with Crippen molar-refractivity contribution in [1.82, 2.24) is 15.0 Å². The predicted octanol–water partition coefficient (Wildman–Crippen LogP) is 0.676. The van der Waals surface area contributed by atoms with Gasteiger partial charge in [-0.15, -0.1) is 5.10 Å². The van der Waals surface area contributed by atoms with Gasteiger partial charge in [0.25, 0.3) is 5.69 Å². The van der Waals surface area contributed by atoms with E-state index in [4.69, 9.17) is 9.84 Å². The zero-order chi connectivity index (χ0) is 13.1. The van der Waals surface area contributed by atoms with E-state index >= 15 is 0 Å². The highest BCUT2D eigenvalue weighted by atomic mass is 16.6. The first kappa shape index (κ1) is 12.0. The van der Waals surface area contributed by atoms with E-state index in [1.807, 2.05) is 0 Å². The number of hydrogen-bond acceptors (Lipinski definition) is 6. The highest BCUT2D eigenvalue weighted by Crippen LogP contribution is 2.26. The highest BCUT2D eigenvalue weighted by Gasteiger charge is 2.14. The molecular weight excluding hydrogens is 240 g/mol. The Labute approximate surface area is 102 Å². The Hall–Kier alpha value is -2.48. The average Bonchev–Trinajstić information content (AvgIpc) is 2.86. The van der Waals surface area contributed by atoms with E-state index in [0.717, 1.165) is 0 Å². The maximum atomic E-state index is 10.7. The molecule has 0 spiro atoms. The first-order chi connectivity index (χ1) is 8.65. The minimum Gasteiger partial charge on any atom is -0.494 e. The van der Waals surface area contributed by atoms with E-state index in [1.54, 1.807) is 0 Å². The van der Waals surface area contributed by atoms with Crippen molar-refractivity contribution in [3.63, 3.8) is 0 Å². The number of nitro groups is 1. The van der Waals surface area contributed by atoms with Gasteiger partial charge in [-0.3, -0.25) is 10.1 Å². The summed E-state index contributed by atoms with van der Waals surface area (Å²) in [6.07, 6.45) is 1.47. The first-order valence-corrected chi connectivity index (χ1v) is 5.00. The van der Waals surface area contributed by atoms with E-state index in [-0.39, 0.29) is 12.3 Å². The molecule has 2 rings (SSSR count). The SMILES string of the molecule is COc1ccc([N+](=O)[O-])cc1-n1cc(CO)nn1. The Bertz CT molecular complexity index is 581. The van der Waals surface area contributed by atoms with Crippen molar-refractivity contribution < 1.29 is 14.8 Å². The number of nitrogens with zero attached hydrogens (tertiary/aromatic N) is 4. The summed E-state index contributed by atoms with van der Waals surface area (Å²) in [5.41, 5.74) is 0.675. The molecule has 0 aliphatic carbocycles. The molecule has 0 amide bonds. The largest absolute Gasteiger partial charge is 0.494 e. The predicted molar refractivity (Wildman–Crippen MR) is 60.5 cm³/mol. The summed E-state index contributed by atoms with van der Waals surface area (Å²) < 4.78 is 6.42. The number of hydrogen-bond donors (Lipinski definition) is 1.